The first-order chi connectivity index (χ1) is 16.5. The number of pyridine rings is 1. The van der Waals surface area contributed by atoms with Crippen molar-refractivity contribution >= 4 is 55.1 Å². The largest absolute Gasteiger partial charge is 0.325 e. The molecule has 170 valence electrons. The number of hydrogen-bond acceptors (Lipinski definition) is 6. The van der Waals surface area contributed by atoms with Crippen LogP contribution in [0.1, 0.15) is 5.56 Å². The summed E-state index contributed by atoms with van der Waals surface area (Å²) in [5, 5.41) is 3.83. The number of nitrogens with zero attached hydrogens (tertiary/aromatic N) is 3. The minimum atomic E-state index is -0.396. The van der Waals surface area contributed by atoms with Gasteiger partial charge in [0.05, 0.1) is 17.8 Å². The summed E-state index contributed by atoms with van der Waals surface area (Å²) < 4.78 is 28.4. The number of carbonyl (C=O) groups is 1. The summed E-state index contributed by atoms with van der Waals surface area (Å²) in [5.41, 5.74) is 1.48. The van der Waals surface area contributed by atoms with Crippen molar-refractivity contribution in [3.63, 3.8) is 0 Å². The van der Waals surface area contributed by atoms with Gasteiger partial charge in [0.15, 0.2) is 5.16 Å². The number of anilines is 1. The molecular weight excluding hydrogens is 478 g/mol. The van der Waals surface area contributed by atoms with Crippen LogP contribution in [0.2, 0.25) is 0 Å². The van der Waals surface area contributed by atoms with Gasteiger partial charge in [-0.1, -0.05) is 23.9 Å². The number of nitrogens with one attached hydrogen (secondary N) is 1. The molecular formula is C24H16F2N4O2S2. The molecule has 10 heteroatoms. The first kappa shape index (κ1) is 22.2. The van der Waals surface area contributed by atoms with Crippen molar-refractivity contribution in [2.75, 3.05) is 11.1 Å². The van der Waals surface area contributed by atoms with E-state index in [0.29, 0.717) is 25.9 Å². The number of thioether (sulfide) groups is 1. The van der Waals surface area contributed by atoms with E-state index in [1.807, 2.05) is 6.07 Å². The van der Waals surface area contributed by atoms with Crippen LogP contribution in [0.3, 0.4) is 0 Å². The zero-order chi connectivity index (χ0) is 23.7. The van der Waals surface area contributed by atoms with Gasteiger partial charge in [-0.3, -0.25) is 14.2 Å². The molecule has 5 aromatic rings. The Bertz CT molecular complexity index is 1570. The van der Waals surface area contributed by atoms with Gasteiger partial charge in [0.25, 0.3) is 5.56 Å². The minimum Gasteiger partial charge on any atom is -0.325 e. The van der Waals surface area contributed by atoms with E-state index in [1.165, 1.54) is 52.3 Å². The average Bonchev–Trinajstić information content (AvgIpc) is 3.21. The molecule has 0 aliphatic rings. The Labute approximate surface area is 200 Å². The highest BCUT2D eigenvalue weighted by Gasteiger charge is 2.18. The fourth-order valence-electron chi connectivity index (χ4n) is 3.42. The van der Waals surface area contributed by atoms with Crippen molar-refractivity contribution < 1.29 is 13.6 Å². The van der Waals surface area contributed by atoms with Crippen LogP contribution in [0.5, 0.6) is 0 Å². The van der Waals surface area contributed by atoms with Crippen molar-refractivity contribution in [2.45, 2.75) is 11.7 Å². The summed E-state index contributed by atoms with van der Waals surface area (Å²) in [4.78, 5) is 35.7. The van der Waals surface area contributed by atoms with E-state index in [9.17, 15) is 18.4 Å². The van der Waals surface area contributed by atoms with Crippen LogP contribution in [0.4, 0.5) is 14.5 Å². The number of hydrogen-bond donors (Lipinski definition) is 1. The van der Waals surface area contributed by atoms with Crippen LogP contribution >= 0.6 is 23.1 Å². The third kappa shape index (κ3) is 4.55. The molecule has 5 rings (SSSR count). The maximum atomic E-state index is 13.4. The van der Waals surface area contributed by atoms with Crippen LogP contribution in [-0.4, -0.2) is 26.2 Å². The standard InChI is InChI=1S/C24H16F2N4O2S2/c25-15-5-3-14(4-6-15)12-30-23(32)21-20(18-2-1-11-27-22(18)34-21)29-24(30)33-13-19(31)28-17-9-7-16(26)8-10-17/h1-11H,12-13H2,(H,28,31). The summed E-state index contributed by atoms with van der Waals surface area (Å²) in [6, 6.07) is 15.0. The monoisotopic (exact) mass is 494 g/mol. The Morgan fingerprint density at radius 1 is 1.03 bits per heavy atom. The van der Waals surface area contributed by atoms with Crippen molar-refractivity contribution in [3.05, 3.63) is 94.4 Å². The van der Waals surface area contributed by atoms with Gasteiger partial charge in [-0.2, -0.15) is 0 Å². The molecule has 0 atom stereocenters. The molecule has 6 nitrogen and oxygen atoms in total. The number of fused-ring (bicyclic) bond motifs is 3. The number of benzene rings is 2. The molecule has 3 aromatic heterocycles. The molecule has 0 aliphatic carbocycles. The SMILES string of the molecule is O=C(CSc1nc2c(sc3ncccc32)c(=O)n1Cc1ccc(F)cc1)Nc1ccc(F)cc1. The molecule has 3 heterocycles. The van der Waals surface area contributed by atoms with Crippen molar-refractivity contribution in [1.29, 1.82) is 0 Å². The molecule has 2 aromatic carbocycles. The Kier molecular flexibility index (Phi) is 6.08. The lowest BCUT2D eigenvalue weighted by atomic mass is 10.2. The second kappa shape index (κ2) is 9.32. The normalized spacial score (nSPS) is 11.2. The van der Waals surface area contributed by atoms with Gasteiger partial charge in [0, 0.05) is 17.3 Å². The Hall–Kier alpha value is -3.63. The highest BCUT2D eigenvalue weighted by molar-refractivity contribution is 7.99. The maximum absolute atomic E-state index is 13.4. The van der Waals surface area contributed by atoms with Gasteiger partial charge >= 0.3 is 0 Å². The first-order valence-corrected chi connectivity index (χ1v) is 12.0. The molecule has 1 amide bonds. The first-order valence-electron chi connectivity index (χ1n) is 10.2. The Balaban J connectivity index is 1.50. The van der Waals surface area contributed by atoms with Gasteiger partial charge in [0.2, 0.25) is 5.91 Å². The van der Waals surface area contributed by atoms with Crippen LogP contribution in [0.15, 0.2) is 76.8 Å². The van der Waals surface area contributed by atoms with Gasteiger partial charge in [-0.05, 0) is 54.1 Å². The van der Waals surface area contributed by atoms with E-state index < -0.39 is 5.82 Å². The molecule has 0 bridgehead atoms. The minimum absolute atomic E-state index is 0.0148. The van der Waals surface area contributed by atoms with E-state index in [1.54, 1.807) is 24.4 Å². The molecule has 0 unspecified atom stereocenters. The highest BCUT2D eigenvalue weighted by atomic mass is 32.2. The molecule has 0 fully saturated rings. The zero-order valence-electron chi connectivity index (χ0n) is 17.5. The van der Waals surface area contributed by atoms with Crippen LogP contribution < -0.4 is 10.9 Å². The predicted molar refractivity (Wildman–Crippen MR) is 130 cm³/mol. The molecule has 0 saturated heterocycles. The third-order valence-electron chi connectivity index (χ3n) is 5.03. The fraction of sp³-hybridized carbons (Fsp3) is 0.0833. The predicted octanol–water partition coefficient (Wildman–Crippen LogP) is 5.06. The van der Waals surface area contributed by atoms with Crippen molar-refractivity contribution in [1.82, 2.24) is 14.5 Å². The molecule has 1 N–H and O–H groups in total. The van der Waals surface area contributed by atoms with Crippen molar-refractivity contribution in [2.24, 2.45) is 0 Å². The zero-order valence-corrected chi connectivity index (χ0v) is 19.1. The summed E-state index contributed by atoms with van der Waals surface area (Å²) >= 11 is 2.38. The van der Waals surface area contributed by atoms with Gasteiger partial charge in [-0.15, -0.1) is 11.3 Å². The lowest BCUT2D eigenvalue weighted by molar-refractivity contribution is -0.113. The third-order valence-corrected chi connectivity index (χ3v) is 7.10. The molecule has 34 heavy (non-hydrogen) atoms. The fourth-order valence-corrected chi connectivity index (χ4v) is 5.25. The second-order valence-electron chi connectivity index (χ2n) is 7.39. The molecule has 0 saturated carbocycles. The Morgan fingerprint density at radius 2 is 1.74 bits per heavy atom. The number of thiophene rings is 1. The van der Waals surface area contributed by atoms with Gasteiger partial charge < -0.3 is 5.32 Å². The topological polar surface area (TPSA) is 76.9 Å². The number of aromatic nitrogens is 3. The molecule has 0 radical (unpaired) electrons. The average molecular weight is 495 g/mol. The molecule has 0 spiro atoms. The highest BCUT2D eigenvalue weighted by Crippen LogP contribution is 2.30. The quantitative estimate of drug-likeness (QED) is 0.264. The number of amides is 1. The molecule has 0 aliphatic heterocycles. The number of halogens is 2. The van der Waals surface area contributed by atoms with Gasteiger partial charge in [0.1, 0.15) is 21.2 Å². The van der Waals surface area contributed by atoms with E-state index in [4.69, 9.17) is 4.98 Å². The lowest BCUT2D eigenvalue weighted by Gasteiger charge is -2.12. The van der Waals surface area contributed by atoms with Crippen molar-refractivity contribution in [3.8, 4) is 0 Å². The van der Waals surface area contributed by atoms with Crippen LogP contribution in [0.25, 0.3) is 20.4 Å². The lowest BCUT2D eigenvalue weighted by Crippen LogP contribution is -2.24. The number of rotatable bonds is 6. The summed E-state index contributed by atoms with van der Waals surface area (Å²) in [6.07, 6.45) is 1.66. The summed E-state index contributed by atoms with van der Waals surface area (Å²) in [5.74, 6) is -1.10. The number of carbonyl (C=O) groups excluding carboxylic acids is 1. The Morgan fingerprint density at radius 3 is 2.47 bits per heavy atom. The van der Waals surface area contributed by atoms with E-state index in [-0.39, 0.29) is 29.6 Å². The summed E-state index contributed by atoms with van der Waals surface area (Å²) in [6.45, 7) is 0.172. The van der Waals surface area contributed by atoms with E-state index in [2.05, 4.69) is 10.3 Å². The van der Waals surface area contributed by atoms with Crippen LogP contribution in [0, 0.1) is 11.6 Å². The van der Waals surface area contributed by atoms with E-state index in [0.717, 1.165) is 22.7 Å². The van der Waals surface area contributed by atoms with Crippen LogP contribution in [-0.2, 0) is 11.3 Å². The summed E-state index contributed by atoms with van der Waals surface area (Å²) in [7, 11) is 0. The maximum Gasteiger partial charge on any atom is 0.272 e. The second-order valence-corrected chi connectivity index (χ2v) is 9.33. The van der Waals surface area contributed by atoms with Gasteiger partial charge in [-0.25, -0.2) is 18.7 Å². The smallest absolute Gasteiger partial charge is 0.272 e. The van der Waals surface area contributed by atoms with E-state index >= 15 is 0 Å².